The van der Waals surface area contributed by atoms with Crippen LogP contribution in [0.5, 0.6) is 0 Å². The summed E-state index contributed by atoms with van der Waals surface area (Å²) in [6.07, 6.45) is -4.93. The predicted molar refractivity (Wildman–Crippen MR) is 96.4 cm³/mol. The van der Waals surface area contributed by atoms with Crippen molar-refractivity contribution >= 4 is 27.5 Å². The molecule has 1 heterocycles. The molecule has 0 bridgehead atoms. The van der Waals surface area contributed by atoms with Crippen LogP contribution < -0.4 is 15.4 Å². The van der Waals surface area contributed by atoms with E-state index >= 15 is 0 Å². The van der Waals surface area contributed by atoms with Crippen LogP contribution in [0.3, 0.4) is 0 Å². The number of nitrogens with one attached hydrogen (secondary N) is 3. The highest BCUT2D eigenvalue weighted by atomic mass is 32.2. The molecule has 1 aromatic carbocycles. The second-order valence-electron chi connectivity index (χ2n) is 6.32. The normalized spacial score (nSPS) is 27.7. The number of benzene rings is 1. The van der Waals surface area contributed by atoms with Crippen LogP contribution in [0.1, 0.15) is 13.8 Å². The molecule has 2 rings (SSSR count). The van der Waals surface area contributed by atoms with Crippen molar-refractivity contribution in [1.29, 1.82) is 0 Å². The Labute approximate surface area is 161 Å². The maximum atomic E-state index is 12.0. The summed E-state index contributed by atoms with van der Waals surface area (Å²) in [5, 5.41) is 34.9. The molecule has 1 saturated heterocycles. The minimum atomic E-state index is -3.99. The van der Waals surface area contributed by atoms with Crippen molar-refractivity contribution < 1.29 is 38.1 Å². The summed E-state index contributed by atoms with van der Waals surface area (Å²) in [5.74, 6) is -1.19. The fourth-order valence-corrected chi connectivity index (χ4v) is 3.77. The molecule has 1 fully saturated rings. The first-order valence-electron chi connectivity index (χ1n) is 8.34. The number of ether oxygens (including phenoxy) is 1. The van der Waals surface area contributed by atoms with Crippen molar-refractivity contribution in [2.75, 3.05) is 11.9 Å². The van der Waals surface area contributed by atoms with Crippen LogP contribution in [0.2, 0.25) is 0 Å². The van der Waals surface area contributed by atoms with E-state index in [1.165, 1.54) is 31.2 Å². The first kappa shape index (κ1) is 22.0. The van der Waals surface area contributed by atoms with E-state index in [4.69, 9.17) is 4.74 Å². The molecule has 0 radical (unpaired) electrons. The standard InChI is InChI=1S/C16H23N3O8S/c1-8(21)17-13-15(24)14(23)12(7-20)27-16(13)18-10-3-5-11(6-4-10)28(25,26)19-9(2)22/h3-6,12-16,18,20,23-24H,7H2,1-2H3,(H,17,21)(H,19,22). The molecule has 5 unspecified atom stereocenters. The third kappa shape index (κ3) is 5.17. The van der Waals surface area contributed by atoms with Crippen LogP contribution in [0.4, 0.5) is 5.69 Å². The molecule has 156 valence electrons. The minimum absolute atomic E-state index is 0.139. The molecule has 28 heavy (non-hydrogen) atoms. The Bertz CT molecular complexity index is 814. The van der Waals surface area contributed by atoms with Crippen molar-refractivity contribution in [3.05, 3.63) is 24.3 Å². The van der Waals surface area contributed by atoms with Crippen molar-refractivity contribution in [3.8, 4) is 0 Å². The second kappa shape index (κ2) is 8.84. The van der Waals surface area contributed by atoms with E-state index in [-0.39, 0.29) is 4.90 Å². The lowest BCUT2D eigenvalue weighted by molar-refractivity contribution is -0.188. The first-order chi connectivity index (χ1) is 13.0. The number of carbonyl (C=O) groups excluding carboxylic acids is 2. The molecule has 1 aliphatic heterocycles. The zero-order chi connectivity index (χ0) is 21.1. The highest BCUT2D eigenvalue weighted by molar-refractivity contribution is 7.90. The van der Waals surface area contributed by atoms with E-state index in [9.17, 15) is 33.3 Å². The average molecular weight is 417 g/mol. The predicted octanol–water partition coefficient (Wildman–Crippen LogP) is -2.13. The Hall–Kier alpha value is -2.25. The van der Waals surface area contributed by atoms with Gasteiger partial charge in [0, 0.05) is 19.5 Å². The summed E-state index contributed by atoms with van der Waals surface area (Å²) in [4.78, 5) is 22.3. The maximum Gasteiger partial charge on any atom is 0.264 e. The maximum absolute atomic E-state index is 12.0. The van der Waals surface area contributed by atoms with Gasteiger partial charge in [0.15, 0.2) is 6.23 Å². The number of hydrogen-bond donors (Lipinski definition) is 6. The van der Waals surface area contributed by atoms with Gasteiger partial charge < -0.3 is 30.7 Å². The highest BCUT2D eigenvalue weighted by Crippen LogP contribution is 2.24. The molecule has 2 amide bonds. The Morgan fingerprint density at radius 2 is 1.68 bits per heavy atom. The van der Waals surface area contributed by atoms with Crippen molar-refractivity contribution in [2.45, 2.75) is 49.3 Å². The summed E-state index contributed by atoms with van der Waals surface area (Å²) < 4.78 is 31.3. The zero-order valence-corrected chi connectivity index (χ0v) is 16.0. The van der Waals surface area contributed by atoms with E-state index in [0.717, 1.165) is 6.92 Å². The van der Waals surface area contributed by atoms with E-state index in [0.29, 0.717) is 5.69 Å². The molecule has 6 N–H and O–H groups in total. The molecule has 1 aromatic rings. The van der Waals surface area contributed by atoms with Gasteiger partial charge in [0.25, 0.3) is 10.0 Å². The monoisotopic (exact) mass is 417 g/mol. The van der Waals surface area contributed by atoms with E-state index in [1.807, 2.05) is 4.72 Å². The Balaban J connectivity index is 2.21. The smallest absolute Gasteiger partial charge is 0.264 e. The third-order valence-electron chi connectivity index (χ3n) is 4.05. The van der Waals surface area contributed by atoms with Crippen LogP contribution in [-0.4, -0.2) is 72.7 Å². The largest absolute Gasteiger partial charge is 0.394 e. The Kier molecular flexibility index (Phi) is 6.96. The number of hydrogen-bond acceptors (Lipinski definition) is 9. The summed E-state index contributed by atoms with van der Waals surface area (Å²) in [6.45, 7) is 1.75. The number of sulfonamides is 1. The SMILES string of the molecule is CC(=O)NC1C(Nc2ccc(S(=O)(=O)NC(C)=O)cc2)OC(CO)C(O)C1O. The molecule has 0 aromatic heterocycles. The van der Waals surface area contributed by atoms with E-state index < -0.39 is 59.0 Å². The number of amides is 2. The first-order valence-corrected chi connectivity index (χ1v) is 9.83. The van der Waals surface area contributed by atoms with Crippen LogP contribution >= 0.6 is 0 Å². The molecular weight excluding hydrogens is 394 g/mol. The fraction of sp³-hybridized carbons (Fsp3) is 0.500. The summed E-state index contributed by atoms with van der Waals surface area (Å²) in [5.41, 5.74) is 0.377. The van der Waals surface area contributed by atoms with Gasteiger partial charge in [-0.25, -0.2) is 13.1 Å². The second-order valence-corrected chi connectivity index (χ2v) is 8.00. The van der Waals surface area contributed by atoms with E-state index in [2.05, 4.69) is 10.6 Å². The number of rotatable bonds is 6. The number of anilines is 1. The van der Waals surface area contributed by atoms with Gasteiger partial charge >= 0.3 is 0 Å². The zero-order valence-electron chi connectivity index (χ0n) is 15.2. The van der Waals surface area contributed by atoms with Crippen molar-refractivity contribution in [1.82, 2.24) is 10.0 Å². The van der Waals surface area contributed by atoms with Crippen LogP contribution in [-0.2, 0) is 24.3 Å². The van der Waals surface area contributed by atoms with Gasteiger partial charge in [-0.3, -0.25) is 9.59 Å². The molecule has 12 heteroatoms. The van der Waals surface area contributed by atoms with Crippen molar-refractivity contribution in [3.63, 3.8) is 0 Å². The molecule has 5 atom stereocenters. The summed E-state index contributed by atoms with van der Waals surface area (Å²) >= 11 is 0. The minimum Gasteiger partial charge on any atom is -0.394 e. The summed E-state index contributed by atoms with van der Waals surface area (Å²) in [6, 6.07) is 4.26. The Morgan fingerprint density at radius 3 is 2.18 bits per heavy atom. The lowest BCUT2D eigenvalue weighted by Crippen LogP contribution is -2.65. The van der Waals surface area contributed by atoms with Crippen LogP contribution in [0.15, 0.2) is 29.2 Å². The van der Waals surface area contributed by atoms with Gasteiger partial charge in [0.1, 0.15) is 24.4 Å². The topological polar surface area (TPSA) is 174 Å². The van der Waals surface area contributed by atoms with Crippen LogP contribution in [0.25, 0.3) is 0 Å². The Morgan fingerprint density at radius 1 is 1.07 bits per heavy atom. The quantitative estimate of drug-likeness (QED) is 0.302. The van der Waals surface area contributed by atoms with Gasteiger partial charge in [-0.1, -0.05) is 0 Å². The molecule has 0 saturated carbocycles. The lowest BCUT2D eigenvalue weighted by atomic mass is 9.96. The van der Waals surface area contributed by atoms with Gasteiger partial charge in [-0.2, -0.15) is 0 Å². The van der Waals surface area contributed by atoms with E-state index in [1.54, 1.807) is 0 Å². The number of aliphatic hydroxyl groups excluding tert-OH is 3. The third-order valence-corrected chi connectivity index (χ3v) is 5.50. The van der Waals surface area contributed by atoms with Gasteiger partial charge in [0.05, 0.1) is 11.5 Å². The molecule has 11 nitrogen and oxygen atoms in total. The summed E-state index contributed by atoms with van der Waals surface area (Å²) in [7, 11) is -3.99. The number of aliphatic hydroxyl groups is 3. The lowest BCUT2D eigenvalue weighted by Gasteiger charge is -2.43. The molecule has 1 aliphatic rings. The molecule has 0 aliphatic carbocycles. The highest BCUT2D eigenvalue weighted by Gasteiger charge is 2.44. The average Bonchev–Trinajstić information content (AvgIpc) is 2.60. The fourth-order valence-electron chi connectivity index (χ4n) is 2.78. The number of carbonyl (C=O) groups is 2. The van der Waals surface area contributed by atoms with Gasteiger partial charge in [0.2, 0.25) is 11.8 Å². The molecule has 0 spiro atoms. The molecular formula is C16H23N3O8S. The van der Waals surface area contributed by atoms with Gasteiger partial charge in [-0.05, 0) is 24.3 Å². The van der Waals surface area contributed by atoms with Crippen molar-refractivity contribution in [2.24, 2.45) is 0 Å². The van der Waals surface area contributed by atoms with Crippen LogP contribution in [0, 0.1) is 0 Å². The van der Waals surface area contributed by atoms with Gasteiger partial charge in [-0.15, -0.1) is 0 Å².